The lowest BCUT2D eigenvalue weighted by molar-refractivity contribution is 0.120. The number of rotatable bonds is 6. The molecule has 1 fully saturated rings. The van der Waals surface area contributed by atoms with E-state index in [0.717, 1.165) is 25.1 Å². The van der Waals surface area contributed by atoms with Gasteiger partial charge in [0, 0.05) is 31.0 Å². The van der Waals surface area contributed by atoms with Gasteiger partial charge >= 0.3 is 0 Å². The van der Waals surface area contributed by atoms with Crippen molar-refractivity contribution in [2.75, 3.05) is 19.7 Å². The molecule has 0 bridgehead atoms. The van der Waals surface area contributed by atoms with Gasteiger partial charge in [-0.1, -0.05) is 6.42 Å². The van der Waals surface area contributed by atoms with E-state index < -0.39 is 0 Å². The maximum atomic E-state index is 9.11. The summed E-state index contributed by atoms with van der Waals surface area (Å²) in [5, 5.41) is 12.3. The van der Waals surface area contributed by atoms with Crippen molar-refractivity contribution in [2.24, 2.45) is 0 Å². The maximum absolute atomic E-state index is 9.11. The number of aromatic nitrogens is 1. The second kappa shape index (κ2) is 7.43. The highest BCUT2D eigenvalue weighted by atomic mass is 35.5. The standard InChI is InChI=1S/C13H21ClN2OS/c14-9-11-10-18-13(15-11)4-7-16-6-2-1-3-12(16)5-8-17/h10,12,17H,1-9H2. The predicted molar refractivity (Wildman–Crippen MR) is 76.3 cm³/mol. The number of halogens is 1. The van der Waals surface area contributed by atoms with Crippen molar-refractivity contribution in [3.05, 3.63) is 16.1 Å². The lowest BCUT2D eigenvalue weighted by atomic mass is 9.99. The predicted octanol–water partition coefficient (Wildman–Crippen LogP) is 2.66. The summed E-state index contributed by atoms with van der Waals surface area (Å²) in [6.45, 7) is 2.52. The first-order chi connectivity index (χ1) is 8.83. The van der Waals surface area contributed by atoms with Gasteiger partial charge < -0.3 is 5.11 Å². The van der Waals surface area contributed by atoms with Crippen LogP contribution in [0.4, 0.5) is 0 Å². The number of nitrogens with zero attached hydrogens (tertiary/aromatic N) is 2. The molecule has 2 rings (SSSR count). The van der Waals surface area contributed by atoms with Crippen molar-refractivity contribution < 1.29 is 5.11 Å². The van der Waals surface area contributed by atoms with Gasteiger partial charge in [-0.05, 0) is 25.8 Å². The van der Waals surface area contributed by atoms with Gasteiger partial charge in [0.2, 0.25) is 0 Å². The number of aliphatic hydroxyl groups is 1. The van der Waals surface area contributed by atoms with Crippen molar-refractivity contribution in [3.8, 4) is 0 Å². The van der Waals surface area contributed by atoms with E-state index in [4.69, 9.17) is 16.7 Å². The third-order valence-electron chi connectivity index (χ3n) is 3.56. The Labute approximate surface area is 118 Å². The van der Waals surface area contributed by atoms with Gasteiger partial charge in [0.1, 0.15) is 0 Å². The molecule has 0 spiro atoms. The molecule has 1 aromatic heterocycles. The van der Waals surface area contributed by atoms with Crippen LogP contribution in [0.1, 0.15) is 36.4 Å². The highest BCUT2D eigenvalue weighted by Gasteiger charge is 2.21. The van der Waals surface area contributed by atoms with Gasteiger partial charge in [0.25, 0.3) is 0 Å². The van der Waals surface area contributed by atoms with Crippen molar-refractivity contribution in [1.29, 1.82) is 0 Å². The summed E-state index contributed by atoms with van der Waals surface area (Å²) in [5.41, 5.74) is 0.988. The largest absolute Gasteiger partial charge is 0.396 e. The van der Waals surface area contributed by atoms with E-state index in [-0.39, 0.29) is 0 Å². The van der Waals surface area contributed by atoms with Gasteiger partial charge in [-0.2, -0.15) is 0 Å². The second-order valence-electron chi connectivity index (χ2n) is 4.81. The van der Waals surface area contributed by atoms with Crippen LogP contribution in [0.2, 0.25) is 0 Å². The molecule has 0 saturated carbocycles. The van der Waals surface area contributed by atoms with Gasteiger partial charge in [0.05, 0.1) is 16.6 Å². The summed E-state index contributed by atoms with van der Waals surface area (Å²) in [6.07, 6.45) is 5.72. The molecule has 1 aliphatic heterocycles. The van der Waals surface area contributed by atoms with E-state index in [2.05, 4.69) is 9.88 Å². The van der Waals surface area contributed by atoms with Crippen LogP contribution in [0, 0.1) is 0 Å². The van der Waals surface area contributed by atoms with Crippen molar-refractivity contribution in [1.82, 2.24) is 9.88 Å². The lowest BCUT2D eigenvalue weighted by Crippen LogP contribution is -2.41. The average Bonchev–Trinajstić information content (AvgIpc) is 2.86. The maximum Gasteiger partial charge on any atom is 0.0941 e. The van der Waals surface area contributed by atoms with Crippen LogP contribution >= 0.6 is 22.9 Å². The molecule has 18 heavy (non-hydrogen) atoms. The molecule has 1 N–H and O–H groups in total. The minimum atomic E-state index is 0.300. The first kappa shape index (κ1) is 14.3. The molecule has 2 heterocycles. The number of likely N-dealkylation sites (tertiary alicyclic amines) is 1. The van der Waals surface area contributed by atoms with E-state index in [0.29, 0.717) is 18.5 Å². The molecule has 3 nitrogen and oxygen atoms in total. The molecule has 0 radical (unpaired) electrons. The highest BCUT2D eigenvalue weighted by Crippen LogP contribution is 2.20. The number of hydrogen-bond acceptors (Lipinski definition) is 4. The molecule has 5 heteroatoms. The monoisotopic (exact) mass is 288 g/mol. The van der Waals surface area contributed by atoms with Crippen molar-refractivity contribution in [3.63, 3.8) is 0 Å². The number of alkyl halides is 1. The van der Waals surface area contributed by atoms with Gasteiger partial charge in [-0.15, -0.1) is 22.9 Å². The summed E-state index contributed by atoms with van der Waals surface area (Å²) in [5.74, 6) is 0.507. The molecular formula is C13H21ClN2OS. The third-order valence-corrected chi connectivity index (χ3v) is 4.79. The fourth-order valence-electron chi connectivity index (χ4n) is 2.59. The first-order valence-corrected chi connectivity index (χ1v) is 8.09. The Morgan fingerprint density at radius 2 is 2.39 bits per heavy atom. The van der Waals surface area contributed by atoms with Crippen LogP contribution in [-0.2, 0) is 12.3 Å². The van der Waals surface area contributed by atoms with Gasteiger partial charge in [0.15, 0.2) is 0 Å². The molecule has 0 aromatic carbocycles. The average molecular weight is 289 g/mol. The van der Waals surface area contributed by atoms with Crippen molar-refractivity contribution in [2.45, 2.75) is 44.0 Å². The van der Waals surface area contributed by atoms with Crippen LogP contribution in [0.3, 0.4) is 0 Å². The second-order valence-corrected chi connectivity index (χ2v) is 6.02. The Bertz CT molecular complexity index is 357. The zero-order valence-electron chi connectivity index (χ0n) is 10.6. The van der Waals surface area contributed by atoms with Crippen molar-refractivity contribution >= 4 is 22.9 Å². The summed E-state index contributed by atoms with van der Waals surface area (Å²) >= 11 is 7.47. The van der Waals surface area contributed by atoms with E-state index >= 15 is 0 Å². The number of thiazole rings is 1. The smallest absolute Gasteiger partial charge is 0.0941 e. The molecule has 0 aliphatic carbocycles. The summed E-state index contributed by atoms with van der Waals surface area (Å²) in [6, 6.07) is 0.566. The number of piperidine rings is 1. The highest BCUT2D eigenvalue weighted by molar-refractivity contribution is 7.09. The summed E-state index contributed by atoms with van der Waals surface area (Å²) in [7, 11) is 0. The Hall–Kier alpha value is -0.160. The van der Waals surface area contributed by atoms with Gasteiger partial charge in [-0.25, -0.2) is 4.98 Å². The van der Waals surface area contributed by atoms with Crippen LogP contribution in [0.15, 0.2) is 5.38 Å². The zero-order valence-corrected chi connectivity index (χ0v) is 12.2. The van der Waals surface area contributed by atoms with Crippen LogP contribution < -0.4 is 0 Å². The van der Waals surface area contributed by atoms with Crippen LogP contribution in [0.25, 0.3) is 0 Å². The minimum Gasteiger partial charge on any atom is -0.396 e. The molecule has 102 valence electrons. The fraction of sp³-hybridized carbons (Fsp3) is 0.769. The Balaban J connectivity index is 1.83. The van der Waals surface area contributed by atoms with Crippen LogP contribution in [0.5, 0.6) is 0 Å². The molecule has 1 unspecified atom stereocenters. The third kappa shape index (κ3) is 3.92. The van der Waals surface area contributed by atoms with E-state index in [9.17, 15) is 0 Å². The minimum absolute atomic E-state index is 0.300. The molecule has 1 aromatic rings. The fourth-order valence-corrected chi connectivity index (χ4v) is 3.61. The lowest BCUT2D eigenvalue weighted by Gasteiger charge is -2.35. The SMILES string of the molecule is OCCC1CCCCN1CCc1nc(CCl)cs1. The first-order valence-electron chi connectivity index (χ1n) is 6.67. The molecule has 1 saturated heterocycles. The Morgan fingerprint density at radius 3 is 3.11 bits per heavy atom. The van der Waals surface area contributed by atoms with Gasteiger partial charge in [-0.3, -0.25) is 4.90 Å². The molecule has 1 aliphatic rings. The summed E-state index contributed by atoms with van der Waals surface area (Å²) < 4.78 is 0. The van der Waals surface area contributed by atoms with E-state index in [1.165, 1.54) is 30.8 Å². The van der Waals surface area contributed by atoms with E-state index in [1.54, 1.807) is 11.3 Å². The zero-order chi connectivity index (χ0) is 12.8. The Morgan fingerprint density at radius 1 is 1.50 bits per heavy atom. The number of hydrogen-bond donors (Lipinski definition) is 1. The van der Waals surface area contributed by atoms with E-state index in [1.807, 2.05) is 5.38 Å². The van der Waals surface area contributed by atoms with Crippen LogP contribution in [-0.4, -0.2) is 40.7 Å². The quantitative estimate of drug-likeness (QED) is 0.818. The Kier molecular flexibility index (Phi) is 5.89. The topological polar surface area (TPSA) is 36.4 Å². The molecular weight excluding hydrogens is 268 g/mol. The summed E-state index contributed by atoms with van der Waals surface area (Å²) in [4.78, 5) is 7.01. The molecule has 1 atom stereocenters. The molecule has 0 amide bonds. The normalized spacial score (nSPS) is 21.3. The number of aliphatic hydroxyl groups excluding tert-OH is 1.